The Morgan fingerprint density at radius 2 is 1.92 bits per heavy atom. The zero-order chi connectivity index (χ0) is 17.5. The Morgan fingerprint density at radius 3 is 2.62 bits per heavy atom. The Kier molecular flexibility index (Phi) is 7.00. The summed E-state index contributed by atoms with van der Waals surface area (Å²) in [6.07, 6.45) is 7.43. The molecule has 0 aromatic carbocycles. The van der Waals surface area contributed by atoms with Gasteiger partial charge in [0.05, 0.1) is 12.2 Å². The highest BCUT2D eigenvalue weighted by Gasteiger charge is 2.25. The van der Waals surface area contributed by atoms with E-state index in [0.717, 1.165) is 55.3 Å². The van der Waals surface area contributed by atoms with Gasteiger partial charge in [-0.05, 0) is 20.3 Å². The zero-order valence-electron chi connectivity index (χ0n) is 15.8. The third-order valence-corrected chi connectivity index (χ3v) is 4.83. The number of nitrogens with zero attached hydrogens (tertiary/aromatic N) is 4. The van der Waals surface area contributed by atoms with Crippen LogP contribution >= 0.6 is 0 Å². The van der Waals surface area contributed by atoms with Gasteiger partial charge in [-0.15, -0.1) is 0 Å². The van der Waals surface area contributed by atoms with Crippen LogP contribution in [-0.2, 0) is 17.8 Å². The Balaban J connectivity index is 2.01. The molecule has 0 fully saturated rings. The second-order valence-electron chi connectivity index (χ2n) is 6.76. The molecule has 1 amide bonds. The molecule has 0 unspecified atom stereocenters. The number of carbonyl (C=O) groups is 1. The first-order chi connectivity index (χ1) is 11.6. The molecule has 0 bridgehead atoms. The Bertz CT molecular complexity index is 559. The summed E-state index contributed by atoms with van der Waals surface area (Å²) in [7, 11) is 2.05. The van der Waals surface area contributed by atoms with Crippen molar-refractivity contribution in [2.75, 3.05) is 25.0 Å². The van der Waals surface area contributed by atoms with E-state index in [9.17, 15) is 4.79 Å². The van der Waals surface area contributed by atoms with Crippen LogP contribution in [0, 0.1) is 6.92 Å². The molecule has 5 nitrogen and oxygen atoms in total. The number of rotatable bonds is 8. The fourth-order valence-corrected chi connectivity index (χ4v) is 3.23. The smallest absolute Gasteiger partial charge is 0.222 e. The molecule has 0 aliphatic carbocycles. The molecule has 1 aliphatic heterocycles. The van der Waals surface area contributed by atoms with Crippen LogP contribution in [0.15, 0.2) is 0 Å². The fraction of sp³-hybridized carbons (Fsp3) is 0.737. The van der Waals surface area contributed by atoms with Gasteiger partial charge in [0.1, 0.15) is 11.6 Å². The lowest BCUT2D eigenvalue weighted by Crippen LogP contribution is -2.37. The van der Waals surface area contributed by atoms with E-state index in [0.29, 0.717) is 13.0 Å². The molecule has 24 heavy (non-hydrogen) atoms. The van der Waals surface area contributed by atoms with Gasteiger partial charge in [-0.3, -0.25) is 4.79 Å². The minimum atomic E-state index is 0.280. The van der Waals surface area contributed by atoms with Crippen LogP contribution in [0.3, 0.4) is 0 Å². The largest absolute Gasteiger partial charge is 0.360 e. The van der Waals surface area contributed by atoms with Gasteiger partial charge in [0.25, 0.3) is 0 Å². The maximum absolute atomic E-state index is 12.5. The van der Waals surface area contributed by atoms with Gasteiger partial charge in [0.15, 0.2) is 0 Å². The zero-order valence-corrected chi connectivity index (χ0v) is 15.8. The van der Waals surface area contributed by atoms with Crippen molar-refractivity contribution >= 4 is 11.7 Å². The van der Waals surface area contributed by atoms with Gasteiger partial charge < -0.3 is 9.80 Å². The Hall–Kier alpha value is -1.65. The molecule has 0 spiro atoms. The first-order valence-electron chi connectivity index (χ1n) is 9.42. The van der Waals surface area contributed by atoms with Gasteiger partial charge in [0, 0.05) is 38.5 Å². The number of unbranched alkanes of at least 4 members (excludes halogenated alkanes) is 4. The SMILES string of the molecule is CCCCCCCC(=O)N1CCc2nc(C)nc(N(C)CC)c2C1. The molecule has 5 heteroatoms. The van der Waals surface area contributed by atoms with Crippen LogP contribution in [0.2, 0.25) is 0 Å². The molecule has 0 radical (unpaired) electrons. The van der Waals surface area contributed by atoms with E-state index in [-0.39, 0.29) is 5.91 Å². The summed E-state index contributed by atoms with van der Waals surface area (Å²) in [5.41, 5.74) is 2.25. The van der Waals surface area contributed by atoms with E-state index in [4.69, 9.17) is 0 Å². The molecular formula is C19H32N4O. The van der Waals surface area contributed by atoms with E-state index in [1.807, 2.05) is 11.8 Å². The highest BCUT2D eigenvalue weighted by atomic mass is 16.2. The summed E-state index contributed by atoms with van der Waals surface area (Å²) >= 11 is 0. The van der Waals surface area contributed by atoms with Gasteiger partial charge in [0.2, 0.25) is 5.91 Å². The van der Waals surface area contributed by atoms with Crippen LogP contribution in [0.4, 0.5) is 5.82 Å². The summed E-state index contributed by atoms with van der Waals surface area (Å²) in [6.45, 7) is 8.61. The van der Waals surface area contributed by atoms with Crippen molar-refractivity contribution in [3.63, 3.8) is 0 Å². The van der Waals surface area contributed by atoms with Crippen molar-refractivity contribution in [3.05, 3.63) is 17.1 Å². The van der Waals surface area contributed by atoms with E-state index in [1.54, 1.807) is 0 Å². The van der Waals surface area contributed by atoms with Crippen molar-refractivity contribution in [3.8, 4) is 0 Å². The minimum absolute atomic E-state index is 0.280. The predicted molar refractivity (Wildman–Crippen MR) is 98.2 cm³/mol. The number of fused-ring (bicyclic) bond motifs is 1. The van der Waals surface area contributed by atoms with Crippen molar-refractivity contribution in [1.82, 2.24) is 14.9 Å². The Labute approximate surface area is 146 Å². The number of aryl methyl sites for hydroxylation is 1. The molecule has 1 aromatic rings. The average Bonchev–Trinajstić information content (AvgIpc) is 2.59. The number of aromatic nitrogens is 2. The van der Waals surface area contributed by atoms with Crippen molar-refractivity contribution in [1.29, 1.82) is 0 Å². The highest BCUT2D eigenvalue weighted by Crippen LogP contribution is 2.26. The first kappa shape index (κ1) is 18.7. The van der Waals surface area contributed by atoms with Gasteiger partial charge in [-0.1, -0.05) is 32.6 Å². The van der Waals surface area contributed by atoms with Crippen LogP contribution in [0.25, 0.3) is 0 Å². The molecule has 134 valence electrons. The molecular weight excluding hydrogens is 300 g/mol. The van der Waals surface area contributed by atoms with Gasteiger partial charge in [-0.2, -0.15) is 0 Å². The van der Waals surface area contributed by atoms with Crippen LogP contribution in [0.5, 0.6) is 0 Å². The highest BCUT2D eigenvalue weighted by molar-refractivity contribution is 5.76. The van der Waals surface area contributed by atoms with E-state index < -0.39 is 0 Å². The number of amides is 1. The molecule has 2 heterocycles. The molecule has 0 saturated carbocycles. The first-order valence-corrected chi connectivity index (χ1v) is 9.42. The quantitative estimate of drug-likeness (QED) is 0.684. The molecule has 1 aromatic heterocycles. The van der Waals surface area contributed by atoms with Crippen molar-refractivity contribution in [2.24, 2.45) is 0 Å². The molecule has 0 atom stereocenters. The van der Waals surface area contributed by atoms with E-state index in [1.165, 1.54) is 19.3 Å². The third-order valence-electron chi connectivity index (χ3n) is 4.83. The number of hydrogen-bond donors (Lipinski definition) is 0. The van der Waals surface area contributed by atoms with Crippen molar-refractivity contribution < 1.29 is 4.79 Å². The molecule has 1 aliphatic rings. The predicted octanol–water partition coefficient (Wildman–Crippen LogP) is 3.49. The normalized spacial score (nSPS) is 13.8. The summed E-state index contributed by atoms with van der Waals surface area (Å²) in [4.78, 5) is 25.9. The van der Waals surface area contributed by atoms with Crippen LogP contribution in [-0.4, -0.2) is 40.9 Å². The minimum Gasteiger partial charge on any atom is -0.360 e. The lowest BCUT2D eigenvalue weighted by atomic mass is 10.0. The van der Waals surface area contributed by atoms with E-state index >= 15 is 0 Å². The van der Waals surface area contributed by atoms with Gasteiger partial charge in [-0.25, -0.2) is 9.97 Å². The standard InChI is InChI=1S/C19H32N4O/c1-5-7-8-9-10-11-18(24)23-13-12-17-16(14-23)19(22(4)6-2)21-15(3)20-17/h5-14H2,1-4H3. The second kappa shape index (κ2) is 9.00. The third kappa shape index (κ3) is 4.68. The lowest BCUT2D eigenvalue weighted by molar-refractivity contribution is -0.132. The number of anilines is 1. The fourth-order valence-electron chi connectivity index (χ4n) is 3.23. The maximum Gasteiger partial charge on any atom is 0.222 e. The summed E-state index contributed by atoms with van der Waals surface area (Å²) < 4.78 is 0. The Morgan fingerprint density at radius 1 is 1.17 bits per heavy atom. The average molecular weight is 332 g/mol. The number of hydrogen-bond acceptors (Lipinski definition) is 4. The second-order valence-corrected chi connectivity index (χ2v) is 6.76. The molecule has 0 N–H and O–H groups in total. The van der Waals surface area contributed by atoms with E-state index in [2.05, 4.69) is 35.8 Å². The lowest BCUT2D eigenvalue weighted by Gasteiger charge is -2.31. The van der Waals surface area contributed by atoms with Gasteiger partial charge >= 0.3 is 0 Å². The maximum atomic E-state index is 12.5. The van der Waals surface area contributed by atoms with Crippen LogP contribution < -0.4 is 4.90 Å². The summed E-state index contributed by atoms with van der Waals surface area (Å²) in [5.74, 6) is 2.09. The summed E-state index contributed by atoms with van der Waals surface area (Å²) in [6, 6.07) is 0. The molecule has 2 rings (SSSR count). The summed E-state index contributed by atoms with van der Waals surface area (Å²) in [5, 5.41) is 0. The monoisotopic (exact) mass is 332 g/mol. The number of carbonyl (C=O) groups excluding carboxylic acids is 1. The van der Waals surface area contributed by atoms with Crippen LogP contribution in [0.1, 0.15) is 69.5 Å². The van der Waals surface area contributed by atoms with Crippen molar-refractivity contribution in [2.45, 2.75) is 72.3 Å². The topological polar surface area (TPSA) is 49.3 Å². The molecule has 0 saturated heterocycles.